The van der Waals surface area contributed by atoms with Gasteiger partial charge < -0.3 is 10.4 Å². The minimum atomic E-state index is -0.947. The van der Waals surface area contributed by atoms with E-state index in [-0.39, 0.29) is 12.3 Å². The molecule has 0 aliphatic carbocycles. The minimum Gasteiger partial charge on any atom is -0.481 e. The number of aliphatic carboxylic acids is 1. The zero-order valence-corrected chi connectivity index (χ0v) is 8.43. The fraction of sp³-hybridized carbons (Fsp3) is 0.375. The SMILES string of the molecule is CCNC(=O)c1nc(CC(=O)O)cs1. The van der Waals surface area contributed by atoms with Gasteiger partial charge in [-0.1, -0.05) is 0 Å². The van der Waals surface area contributed by atoms with Gasteiger partial charge in [0.25, 0.3) is 5.91 Å². The van der Waals surface area contributed by atoms with Gasteiger partial charge in [0.05, 0.1) is 12.1 Å². The van der Waals surface area contributed by atoms with Crippen molar-refractivity contribution in [3.63, 3.8) is 0 Å². The predicted molar refractivity (Wildman–Crippen MR) is 51.5 cm³/mol. The number of aromatic nitrogens is 1. The van der Waals surface area contributed by atoms with Gasteiger partial charge in [-0.25, -0.2) is 4.98 Å². The van der Waals surface area contributed by atoms with Gasteiger partial charge in [-0.2, -0.15) is 0 Å². The monoisotopic (exact) mass is 214 g/mol. The highest BCUT2D eigenvalue weighted by molar-refractivity contribution is 7.11. The number of nitrogens with one attached hydrogen (secondary N) is 1. The van der Waals surface area contributed by atoms with Gasteiger partial charge in [-0.15, -0.1) is 11.3 Å². The molecular weight excluding hydrogens is 204 g/mol. The number of carbonyl (C=O) groups excluding carboxylic acids is 1. The van der Waals surface area contributed by atoms with Crippen molar-refractivity contribution in [3.8, 4) is 0 Å². The van der Waals surface area contributed by atoms with E-state index in [4.69, 9.17) is 5.11 Å². The lowest BCUT2D eigenvalue weighted by molar-refractivity contribution is -0.136. The van der Waals surface area contributed by atoms with Crippen molar-refractivity contribution in [2.75, 3.05) is 6.54 Å². The number of carbonyl (C=O) groups is 2. The Morgan fingerprint density at radius 1 is 1.64 bits per heavy atom. The Hall–Kier alpha value is -1.43. The van der Waals surface area contributed by atoms with Crippen molar-refractivity contribution in [1.82, 2.24) is 10.3 Å². The predicted octanol–water partition coefficient (Wildman–Crippen LogP) is 0.520. The molecule has 76 valence electrons. The van der Waals surface area contributed by atoms with E-state index < -0.39 is 5.97 Å². The topological polar surface area (TPSA) is 79.3 Å². The third-order valence-corrected chi connectivity index (χ3v) is 2.31. The number of thiazole rings is 1. The molecule has 0 bridgehead atoms. The third kappa shape index (κ3) is 2.81. The summed E-state index contributed by atoms with van der Waals surface area (Å²) >= 11 is 1.15. The summed E-state index contributed by atoms with van der Waals surface area (Å²) in [7, 11) is 0. The minimum absolute atomic E-state index is 0.143. The zero-order valence-electron chi connectivity index (χ0n) is 7.61. The molecule has 0 saturated carbocycles. The van der Waals surface area contributed by atoms with E-state index in [2.05, 4.69) is 10.3 Å². The highest BCUT2D eigenvalue weighted by Crippen LogP contribution is 2.09. The van der Waals surface area contributed by atoms with Crippen molar-refractivity contribution >= 4 is 23.2 Å². The van der Waals surface area contributed by atoms with Crippen LogP contribution in [0.4, 0.5) is 0 Å². The van der Waals surface area contributed by atoms with Crippen molar-refractivity contribution < 1.29 is 14.7 Å². The summed E-state index contributed by atoms with van der Waals surface area (Å²) in [6.45, 7) is 2.34. The molecule has 6 heteroatoms. The lowest BCUT2D eigenvalue weighted by Crippen LogP contribution is -2.22. The smallest absolute Gasteiger partial charge is 0.309 e. The second kappa shape index (κ2) is 4.71. The molecule has 1 aromatic heterocycles. The number of hydrogen-bond donors (Lipinski definition) is 2. The van der Waals surface area contributed by atoms with Crippen LogP contribution in [0.1, 0.15) is 22.4 Å². The normalized spacial score (nSPS) is 9.79. The molecule has 5 nitrogen and oxygen atoms in total. The van der Waals surface area contributed by atoms with Crippen molar-refractivity contribution in [2.24, 2.45) is 0 Å². The quantitative estimate of drug-likeness (QED) is 0.765. The Morgan fingerprint density at radius 3 is 2.93 bits per heavy atom. The molecule has 2 N–H and O–H groups in total. The second-order valence-electron chi connectivity index (χ2n) is 2.57. The number of hydrogen-bond acceptors (Lipinski definition) is 4. The summed E-state index contributed by atoms with van der Waals surface area (Å²) in [5, 5.41) is 13.0. The highest BCUT2D eigenvalue weighted by atomic mass is 32.1. The molecule has 1 heterocycles. The summed E-state index contributed by atoms with van der Waals surface area (Å²) in [4.78, 5) is 25.5. The van der Waals surface area contributed by atoms with Crippen LogP contribution in [0.15, 0.2) is 5.38 Å². The van der Waals surface area contributed by atoms with Gasteiger partial charge in [0.15, 0.2) is 5.01 Å². The Labute approximate surface area is 84.8 Å². The molecule has 0 saturated heterocycles. The van der Waals surface area contributed by atoms with Crippen LogP contribution in [-0.4, -0.2) is 28.5 Å². The first-order valence-electron chi connectivity index (χ1n) is 4.08. The van der Waals surface area contributed by atoms with Crippen molar-refractivity contribution in [1.29, 1.82) is 0 Å². The molecule has 1 amide bonds. The highest BCUT2D eigenvalue weighted by Gasteiger charge is 2.11. The molecule has 0 aliphatic heterocycles. The van der Waals surface area contributed by atoms with Crippen LogP contribution >= 0.6 is 11.3 Å². The Morgan fingerprint density at radius 2 is 2.36 bits per heavy atom. The summed E-state index contributed by atoms with van der Waals surface area (Å²) < 4.78 is 0. The Bertz CT molecular complexity index is 348. The van der Waals surface area contributed by atoms with Gasteiger partial charge in [0.2, 0.25) is 0 Å². The van der Waals surface area contributed by atoms with E-state index in [0.717, 1.165) is 11.3 Å². The summed E-state index contributed by atoms with van der Waals surface area (Å²) in [6.07, 6.45) is -0.143. The Kier molecular flexibility index (Phi) is 3.58. The molecule has 14 heavy (non-hydrogen) atoms. The molecule has 0 spiro atoms. The molecule has 0 fully saturated rings. The van der Waals surface area contributed by atoms with E-state index in [1.54, 1.807) is 5.38 Å². The van der Waals surface area contributed by atoms with Gasteiger partial charge in [0, 0.05) is 11.9 Å². The van der Waals surface area contributed by atoms with Crippen molar-refractivity contribution in [2.45, 2.75) is 13.3 Å². The molecule has 0 aromatic carbocycles. The van der Waals surface area contributed by atoms with Gasteiger partial charge in [-0.05, 0) is 6.92 Å². The second-order valence-corrected chi connectivity index (χ2v) is 3.43. The summed E-state index contributed by atoms with van der Waals surface area (Å²) in [5.74, 6) is -1.20. The first-order chi connectivity index (χ1) is 6.63. The Balaban J connectivity index is 2.67. The van der Waals surface area contributed by atoms with Gasteiger partial charge >= 0.3 is 5.97 Å². The number of nitrogens with zero attached hydrogens (tertiary/aromatic N) is 1. The van der Waals surface area contributed by atoms with E-state index in [1.165, 1.54) is 0 Å². The van der Waals surface area contributed by atoms with Crippen molar-refractivity contribution in [3.05, 3.63) is 16.1 Å². The zero-order chi connectivity index (χ0) is 10.6. The van der Waals surface area contributed by atoms with E-state index in [9.17, 15) is 9.59 Å². The maximum Gasteiger partial charge on any atom is 0.309 e. The molecule has 1 aromatic rings. The largest absolute Gasteiger partial charge is 0.481 e. The van der Waals surface area contributed by atoms with Gasteiger partial charge in [-0.3, -0.25) is 9.59 Å². The van der Waals surface area contributed by atoms with Crippen LogP contribution in [0.25, 0.3) is 0 Å². The maximum atomic E-state index is 11.2. The first kappa shape index (κ1) is 10.6. The molecule has 0 aliphatic rings. The molecule has 0 atom stereocenters. The number of carboxylic acids is 1. The van der Waals surface area contributed by atoms with Crippen LogP contribution in [0.5, 0.6) is 0 Å². The van der Waals surface area contributed by atoms with E-state index in [1.807, 2.05) is 6.92 Å². The molecular formula is C8H10N2O3S. The average molecular weight is 214 g/mol. The van der Waals surface area contributed by atoms with E-state index >= 15 is 0 Å². The van der Waals surface area contributed by atoms with E-state index in [0.29, 0.717) is 17.2 Å². The summed E-state index contributed by atoms with van der Waals surface area (Å²) in [5.41, 5.74) is 0.420. The fourth-order valence-electron chi connectivity index (χ4n) is 0.884. The third-order valence-electron chi connectivity index (χ3n) is 1.42. The summed E-state index contributed by atoms with van der Waals surface area (Å²) in [6, 6.07) is 0. The van der Waals surface area contributed by atoms with Crippen LogP contribution < -0.4 is 5.32 Å². The van der Waals surface area contributed by atoms with Crippen LogP contribution in [-0.2, 0) is 11.2 Å². The molecule has 0 unspecified atom stereocenters. The lowest BCUT2D eigenvalue weighted by atomic mass is 10.3. The van der Waals surface area contributed by atoms with Crippen LogP contribution in [0, 0.1) is 0 Å². The molecule has 0 radical (unpaired) electrons. The average Bonchev–Trinajstić information content (AvgIpc) is 2.52. The number of amides is 1. The fourth-order valence-corrected chi connectivity index (χ4v) is 1.62. The number of rotatable bonds is 4. The molecule has 1 rings (SSSR count). The maximum absolute atomic E-state index is 11.2. The van der Waals surface area contributed by atoms with Gasteiger partial charge in [0.1, 0.15) is 0 Å². The lowest BCUT2D eigenvalue weighted by Gasteiger charge is -1.95. The first-order valence-corrected chi connectivity index (χ1v) is 4.95. The van der Waals surface area contributed by atoms with Crippen LogP contribution in [0.2, 0.25) is 0 Å². The van der Waals surface area contributed by atoms with Crippen LogP contribution in [0.3, 0.4) is 0 Å². The standard InChI is InChI=1S/C8H10N2O3S/c1-2-9-7(13)8-10-5(4-14-8)3-6(11)12/h4H,2-3H2,1H3,(H,9,13)(H,11,12). The number of carboxylic acid groups (broad SMARTS) is 1.